The maximum absolute atomic E-state index is 12.3. The van der Waals surface area contributed by atoms with Gasteiger partial charge >= 0.3 is 0 Å². The van der Waals surface area contributed by atoms with Crippen molar-refractivity contribution in [1.29, 1.82) is 0 Å². The molecule has 0 heterocycles. The highest BCUT2D eigenvalue weighted by molar-refractivity contribution is 7.89. The number of hydrogen-bond acceptors (Lipinski definition) is 3. The number of aliphatic hydroxyl groups excluding tert-OH is 1. The second-order valence-electron chi connectivity index (χ2n) is 6.36. The van der Waals surface area contributed by atoms with Crippen LogP contribution in [0.5, 0.6) is 0 Å². The second-order valence-corrected chi connectivity index (χ2v) is 8.08. The van der Waals surface area contributed by atoms with Gasteiger partial charge in [-0.3, -0.25) is 0 Å². The molecule has 1 fully saturated rings. The Balaban J connectivity index is 2.04. The van der Waals surface area contributed by atoms with Gasteiger partial charge in [0.1, 0.15) is 0 Å². The van der Waals surface area contributed by atoms with E-state index in [0.717, 1.165) is 25.7 Å². The van der Waals surface area contributed by atoms with E-state index in [1.165, 1.54) is 0 Å². The van der Waals surface area contributed by atoms with Crippen LogP contribution >= 0.6 is 0 Å². The average Bonchev–Trinajstić information content (AvgIpc) is 2.41. The van der Waals surface area contributed by atoms with E-state index >= 15 is 0 Å². The number of sulfonamides is 1. The molecule has 1 saturated carbocycles. The van der Waals surface area contributed by atoms with Crippen LogP contribution in [-0.4, -0.2) is 19.6 Å². The molecule has 0 amide bonds. The van der Waals surface area contributed by atoms with Gasteiger partial charge in [0.25, 0.3) is 0 Å². The molecule has 1 aliphatic carbocycles. The highest BCUT2D eigenvalue weighted by Gasteiger charge is 2.29. The average molecular weight is 297 g/mol. The van der Waals surface area contributed by atoms with Crippen LogP contribution < -0.4 is 4.72 Å². The maximum atomic E-state index is 12.3. The summed E-state index contributed by atoms with van der Waals surface area (Å²) >= 11 is 0. The number of nitrogens with one attached hydrogen (secondary N) is 1. The van der Waals surface area contributed by atoms with Gasteiger partial charge in [-0.05, 0) is 48.8 Å². The molecular weight excluding hydrogens is 274 g/mol. The normalized spacial score (nSPS) is 19.9. The molecule has 112 valence electrons. The second kappa shape index (κ2) is 5.84. The molecule has 0 saturated heterocycles. The lowest BCUT2D eigenvalue weighted by molar-refractivity contribution is 0.218. The Bertz CT molecular complexity index is 539. The smallest absolute Gasteiger partial charge is 0.240 e. The van der Waals surface area contributed by atoms with Gasteiger partial charge in [0.15, 0.2) is 0 Å². The number of hydrogen-bond donors (Lipinski definition) is 2. The summed E-state index contributed by atoms with van der Waals surface area (Å²) < 4.78 is 27.4. The summed E-state index contributed by atoms with van der Waals surface area (Å²) in [4.78, 5) is 0.263. The Morgan fingerprint density at radius 2 is 1.75 bits per heavy atom. The Kier molecular flexibility index (Phi) is 4.52. The van der Waals surface area contributed by atoms with E-state index in [1.807, 2.05) is 0 Å². The third kappa shape index (κ3) is 3.81. The third-order valence-electron chi connectivity index (χ3n) is 4.08. The minimum absolute atomic E-state index is 0.0329. The van der Waals surface area contributed by atoms with E-state index in [9.17, 15) is 8.42 Å². The summed E-state index contributed by atoms with van der Waals surface area (Å²) in [5.74, 6) is 0. The quantitative estimate of drug-likeness (QED) is 0.897. The number of aliphatic hydroxyl groups is 1. The fourth-order valence-corrected chi connectivity index (χ4v) is 3.88. The zero-order valence-electron chi connectivity index (χ0n) is 12.1. The molecule has 0 atom stereocenters. The van der Waals surface area contributed by atoms with Gasteiger partial charge in [-0.1, -0.05) is 26.0 Å². The van der Waals surface area contributed by atoms with E-state index in [2.05, 4.69) is 18.6 Å². The topological polar surface area (TPSA) is 66.4 Å². The zero-order chi connectivity index (χ0) is 14.8. The molecule has 0 unspecified atom stereocenters. The SMILES string of the molecule is CC1(C)CCC(NS(=O)(=O)c2ccc(CO)cc2)CC1. The van der Waals surface area contributed by atoms with Crippen LogP contribution in [-0.2, 0) is 16.6 Å². The van der Waals surface area contributed by atoms with Crippen molar-refractivity contribution < 1.29 is 13.5 Å². The number of rotatable bonds is 4. The fourth-order valence-electron chi connectivity index (χ4n) is 2.58. The molecule has 2 rings (SSSR count). The monoisotopic (exact) mass is 297 g/mol. The van der Waals surface area contributed by atoms with E-state index in [4.69, 9.17) is 5.11 Å². The van der Waals surface area contributed by atoms with Crippen LogP contribution in [0.3, 0.4) is 0 Å². The predicted octanol–water partition coefficient (Wildman–Crippen LogP) is 2.43. The Hall–Kier alpha value is -0.910. The van der Waals surface area contributed by atoms with Crippen LogP contribution in [0.2, 0.25) is 0 Å². The summed E-state index contributed by atoms with van der Waals surface area (Å²) in [5, 5.41) is 8.98. The highest BCUT2D eigenvalue weighted by atomic mass is 32.2. The minimum Gasteiger partial charge on any atom is -0.392 e. The van der Waals surface area contributed by atoms with Crippen LogP contribution in [0.15, 0.2) is 29.2 Å². The molecule has 5 heteroatoms. The largest absolute Gasteiger partial charge is 0.392 e. The van der Waals surface area contributed by atoms with E-state index < -0.39 is 10.0 Å². The van der Waals surface area contributed by atoms with Gasteiger partial charge in [-0.25, -0.2) is 13.1 Å². The van der Waals surface area contributed by atoms with Crippen molar-refractivity contribution >= 4 is 10.0 Å². The van der Waals surface area contributed by atoms with Crippen LogP contribution in [0.1, 0.15) is 45.1 Å². The van der Waals surface area contributed by atoms with Crippen molar-refractivity contribution in [2.75, 3.05) is 0 Å². The third-order valence-corrected chi connectivity index (χ3v) is 5.61. The van der Waals surface area contributed by atoms with Gasteiger partial charge in [0.2, 0.25) is 10.0 Å². The first-order valence-corrected chi connectivity index (χ1v) is 8.53. The van der Waals surface area contributed by atoms with Crippen LogP contribution in [0.4, 0.5) is 0 Å². The standard InChI is InChI=1S/C15H23NO3S/c1-15(2)9-7-13(8-10-15)16-20(18,19)14-5-3-12(11-17)4-6-14/h3-6,13,16-17H,7-11H2,1-2H3. The Morgan fingerprint density at radius 3 is 2.25 bits per heavy atom. The van der Waals surface area contributed by atoms with Crippen molar-refractivity contribution in [3.05, 3.63) is 29.8 Å². The predicted molar refractivity (Wildman–Crippen MR) is 78.7 cm³/mol. The first kappa shape index (κ1) is 15.5. The van der Waals surface area contributed by atoms with Gasteiger partial charge in [-0.2, -0.15) is 0 Å². The van der Waals surface area contributed by atoms with E-state index in [-0.39, 0.29) is 17.5 Å². The first-order chi connectivity index (χ1) is 9.32. The van der Waals surface area contributed by atoms with Crippen molar-refractivity contribution in [1.82, 2.24) is 4.72 Å². The lowest BCUT2D eigenvalue weighted by Crippen LogP contribution is -2.39. The molecule has 0 aromatic heterocycles. The van der Waals surface area contributed by atoms with Crippen molar-refractivity contribution in [2.45, 2.75) is 57.1 Å². The summed E-state index contributed by atoms with van der Waals surface area (Å²) in [6, 6.07) is 6.39. The summed E-state index contributed by atoms with van der Waals surface area (Å²) in [6.45, 7) is 4.38. The molecule has 1 aromatic carbocycles. The minimum atomic E-state index is -3.45. The van der Waals surface area contributed by atoms with E-state index in [1.54, 1.807) is 24.3 Å². The highest BCUT2D eigenvalue weighted by Crippen LogP contribution is 2.35. The van der Waals surface area contributed by atoms with Crippen LogP contribution in [0.25, 0.3) is 0 Å². The molecule has 2 N–H and O–H groups in total. The summed E-state index contributed by atoms with van der Waals surface area (Å²) in [7, 11) is -3.45. The first-order valence-electron chi connectivity index (χ1n) is 7.05. The molecule has 0 bridgehead atoms. The van der Waals surface area contributed by atoms with Gasteiger partial charge < -0.3 is 5.11 Å². The lowest BCUT2D eigenvalue weighted by Gasteiger charge is -2.34. The number of benzene rings is 1. The summed E-state index contributed by atoms with van der Waals surface area (Å²) in [5.41, 5.74) is 1.04. The molecular formula is C15H23NO3S. The van der Waals surface area contributed by atoms with Crippen molar-refractivity contribution in [3.63, 3.8) is 0 Å². The molecule has 0 spiro atoms. The van der Waals surface area contributed by atoms with Gasteiger partial charge in [-0.15, -0.1) is 0 Å². The fraction of sp³-hybridized carbons (Fsp3) is 0.600. The molecule has 0 radical (unpaired) electrons. The van der Waals surface area contributed by atoms with Gasteiger partial charge in [0, 0.05) is 6.04 Å². The molecule has 0 aliphatic heterocycles. The van der Waals surface area contributed by atoms with Gasteiger partial charge in [0.05, 0.1) is 11.5 Å². The van der Waals surface area contributed by atoms with E-state index in [0.29, 0.717) is 11.0 Å². The molecule has 1 aromatic rings. The molecule has 4 nitrogen and oxygen atoms in total. The lowest BCUT2D eigenvalue weighted by atomic mass is 9.76. The van der Waals surface area contributed by atoms with Crippen molar-refractivity contribution in [3.8, 4) is 0 Å². The zero-order valence-corrected chi connectivity index (χ0v) is 12.9. The maximum Gasteiger partial charge on any atom is 0.240 e. The Labute approximate surface area is 121 Å². The summed E-state index contributed by atoms with van der Waals surface area (Å²) in [6.07, 6.45) is 3.87. The molecule has 20 heavy (non-hydrogen) atoms. The molecule has 1 aliphatic rings. The van der Waals surface area contributed by atoms with Crippen LogP contribution in [0, 0.1) is 5.41 Å². The van der Waals surface area contributed by atoms with Crippen molar-refractivity contribution in [2.24, 2.45) is 5.41 Å². The Morgan fingerprint density at radius 1 is 1.20 bits per heavy atom.